The van der Waals surface area contributed by atoms with Crippen LogP contribution in [0.25, 0.3) is 16.7 Å². The number of aromatic nitrogens is 1. The second-order valence-corrected chi connectivity index (χ2v) is 15.4. The van der Waals surface area contributed by atoms with Gasteiger partial charge in [-0.05, 0) is 79.9 Å². The van der Waals surface area contributed by atoms with E-state index < -0.39 is 29.4 Å². The van der Waals surface area contributed by atoms with Gasteiger partial charge in [0.05, 0.1) is 14.2 Å². The molecule has 0 spiro atoms. The molecular weight excluding hydrogens is 751 g/mol. The van der Waals surface area contributed by atoms with Crippen LogP contribution in [0.15, 0.2) is 109 Å². The minimum absolute atomic E-state index is 0.0934. The van der Waals surface area contributed by atoms with Gasteiger partial charge in [-0.25, -0.2) is 4.79 Å². The van der Waals surface area contributed by atoms with Gasteiger partial charge >= 0.3 is 6.09 Å². The highest BCUT2D eigenvalue weighted by Gasteiger charge is 2.33. The largest absolute Gasteiger partial charge is 0.507 e. The first-order chi connectivity index (χ1) is 28.3. The molecule has 13 nitrogen and oxygen atoms in total. The number of benzene rings is 4. The van der Waals surface area contributed by atoms with Crippen molar-refractivity contribution in [2.45, 2.75) is 51.9 Å². The van der Waals surface area contributed by atoms with Crippen LogP contribution < -0.4 is 19.7 Å². The Morgan fingerprint density at radius 3 is 2.05 bits per heavy atom. The molecule has 0 unspecified atom stereocenters. The van der Waals surface area contributed by atoms with Gasteiger partial charge in [0.15, 0.2) is 0 Å². The third-order valence-electron chi connectivity index (χ3n) is 9.97. The maximum Gasteiger partial charge on any atom is 0.408 e. The van der Waals surface area contributed by atoms with E-state index in [4.69, 9.17) is 14.2 Å². The van der Waals surface area contributed by atoms with E-state index in [0.29, 0.717) is 18.7 Å². The van der Waals surface area contributed by atoms with Crippen LogP contribution in [0.1, 0.15) is 43.0 Å². The summed E-state index contributed by atoms with van der Waals surface area (Å²) in [4.78, 5) is 61.7. The van der Waals surface area contributed by atoms with Crippen molar-refractivity contribution in [2.75, 3.05) is 45.3 Å². The molecule has 5 aromatic rings. The van der Waals surface area contributed by atoms with E-state index in [1.54, 1.807) is 58.1 Å². The van der Waals surface area contributed by atoms with Crippen LogP contribution in [0.2, 0.25) is 0 Å². The van der Waals surface area contributed by atoms with Crippen LogP contribution in [0.5, 0.6) is 11.5 Å². The molecule has 59 heavy (non-hydrogen) atoms. The molecule has 4 aromatic carbocycles. The number of rotatable bonds is 14. The molecule has 0 bridgehead atoms. The van der Waals surface area contributed by atoms with Crippen LogP contribution in [0.3, 0.4) is 0 Å². The van der Waals surface area contributed by atoms with Gasteiger partial charge in [0.25, 0.3) is 5.91 Å². The number of carbonyl (C=O) groups is 4. The van der Waals surface area contributed by atoms with Gasteiger partial charge < -0.3 is 44.3 Å². The lowest BCUT2D eigenvalue weighted by atomic mass is 10.0. The summed E-state index contributed by atoms with van der Waals surface area (Å²) < 4.78 is 16.4. The average Bonchev–Trinajstić information content (AvgIpc) is 3.64. The monoisotopic (exact) mass is 801 g/mol. The second-order valence-electron chi connectivity index (χ2n) is 15.4. The molecule has 1 atom stereocenters. The molecule has 0 radical (unpaired) electrons. The van der Waals surface area contributed by atoms with E-state index in [9.17, 15) is 24.3 Å². The predicted molar refractivity (Wildman–Crippen MR) is 226 cm³/mol. The fourth-order valence-corrected chi connectivity index (χ4v) is 7.03. The number of aromatic amines is 1. The number of alkyl carbamates (subject to hydrolysis) is 1. The third-order valence-corrected chi connectivity index (χ3v) is 9.97. The number of carbonyl (C=O) groups excluding carboxylic acids is 4. The maximum atomic E-state index is 13.9. The summed E-state index contributed by atoms with van der Waals surface area (Å²) in [5.41, 5.74) is 4.14. The SMILES string of the molecule is COc1cccc(CN(Cc2cccc(OC)c2)c2cccc(/C(O)=C/C(=O)C(=O)N3CCN(C(=O)[C@H](Cc4c[nH]c5ccccc45)NC(=O)OC(C)(C)C)CC3)c2)c1. The Labute approximate surface area is 344 Å². The van der Waals surface area contributed by atoms with Gasteiger partial charge in [-0.15, -0.1) is 0 Å². The molecule has 1 aliphatic heterocycles. The normalized spacial score (nSPS) is 13.7. The number of fused-ring (bicyclic) bond motifs is 1. The number of ether oxygens (including phenoxy) is 3. The van der Waals surface area contributed by atoms with E-state index in [1.165, 1.54) is 4.90 Å². The van der Waals surface area contributed by atoms with Crippen LogP contribution in [0.4, 0.5) is 10.5 Å². The predicted octanol–water partition coefficient (Wildman–Crippen LogP) is 6.67. The fourth-order valence-electron chi connectivity index (χ4n) is 7.03. The molecule has 1 saturated heterocycles. The molecule has 2 heterocycles. The summed E-state index contributed by atoms with van der Waals surface area (Å²) in [6, 6.07) is 29.5. The molecule has 13 heteroatoms. The highest BCUT2D eigenvalue weighted by atomic mass is 16.6. The lowest BCUT2D eigenvalue weighted by molar-refractivity contribution is -0.146. The first-order valence-corrected chi connectivity index (χ1v) is 19.5. The fraction of sp³-hybridized carbons (Fsp3) is 0.304. The molecular formula is C46H51N5O8. The molecule has 1 fully saturated rings. The summed E-state index contributed by atoms with van der Waals surface area (Å²) >= 11 is 0. The van der Waals surface area contributed by atoms with E-state index in [2.05, 4.69) is 15.2 Å². The lowest BCUT2D eigenvalue weighted by Crippen LogP contribution is -2.57. The number of para-hydroxylation sites is 1. The Bertz CT molecular complexity index is 2270. The Hall–Kier alpha value is -6.76. The van der Waals surface area contributed by atoms with Gasteiger partial charge in [0.1, 0.15) is 28.9 Å². The molecule has 0 saturated carbocycles. The van der Waals surface area contributed by atoms with E-state index in [0.717, 1.165) is 50.9 Å². The number of piperazine rings is 1. The van der Waals surface area contributed by atoms with Crippen LogP contribution in [0, 0.1) is 0 Å². The number of nitrogens with one attached hydrogen (secondary N) is 2. The topological polar surface area (TPSA) is 154 Å². The van der Waals surface area contributed by atoms with Crippen molar-refractivity contribution in [3.05, 3.63) is 132 Å². The van der Waals surface area contributed by atoms with Crippen LogP contribution in [-0.2, 0) is 38.6 Å². The number of amides is 3. The van der Waals surface area contributed by atoms with Gasteiger partial charge in [-0.1, -0.05) is 54.6 Å². The number of ketones is 1. The standard InChI is InChI=1S/C46H51N5O8/c1-46(2,3)59-45(56)48-40(26-34-28-47-39-18-7-6-17-38(34)39)43(54)49-19-21-50(22-20-49)44(55)42(53)27-41(52)33-13-10-14-35(25-33)51(29-31-11-8-15-36(23-31)57-4)30-32-12-9-16-37(24-32)58-5/h6-18,23-25,27-28,40,47,52H,19-22,26,29-30H2,1-5H3,(H,48,56)/b41-27-/t40-/m0/s1. The Balaban J connectivity index is 1.12. The number of methoxy groups -OCH3 is 2. The van der Waals surface area contributed by atoms with Crippen molar-refractivity contribution >= 4 is 46.0 Å². The molecule has 1 aromatic heterocycles. The highest BCUT2D eigenvalue weighted by Crippen LogP contribution is 2.27. The first-order valence-electron chi connectivity index (χ1n) is 19.5. The van der Waals surface area contributed by atoms with E-state index in [1.807, 2.05) is 85.1 Å². The zero-order chi connectivity index (χ0) is 42.1. The Morgan fingerprint density at radius 1 is 0.814 bits per heavy atom. The third kappa shape index (κ3) is 11.0. The van der Waals surface area contributed by atoms with Crippen molar-refractivity contribution in [3.8, 4) is 11.5 Å². The van der Waals surface area contributed by atoms with Gasteiger partial charge in [0, 0.05) is 80.1 Å². The second kappa shape index (κ2) is 18.7. The minimum Gasteiger partial charge on any atom is -0.507 e. The number of aliphatic hydroxyl groups excluding tert-OH is 1. The van der Waals surface area contributed by atoms with Crippen molar-refractivity contribution in [3.63, 3.8) is 0 Å². The van der Waals surface area contributed by atoms with Crippen LogP contribution >= 0.6 is 0 Å². The highest BCUT2D eigenvalue weighted by molar-refractivity contribution is 6.41. The summed E-state index contributed by atoms with van der Waals surface area (Å²) in [6.07, 6.45) is 2.26. The molecule has 6 rings (SSSR count). The molecule has 0 aliphatic carbocycles. The van der Waals surface area contributed by atoms with Gasteiger partial charge in [-0.2, -0.15) is 0 Å². The van der Waals surface area contributed by atoms with E-state index >= 15 is 0 Å². The zero-order valence-electron chi connectivity index (χ0n) is 34.1. The number of hydrogen-bond donors (Lipinski definition) is 3. The molecule has 308 valence electrons. The summed E-state index contributed by atoms with van der Waals surface area (Å²) in [6.45, 7) is 6.73. The van der Waals surface area contributed by atoms with Crippen molar-refractivity contribution in [1.82, 2.24) is 20.1 Å². The summed E-state index contributed by atoms with van der Waals surface area (Å²) in [5, 5.41) is 14.9. The van der Waals surface area contributed by atoms with Crippen molar-refractivity contribution in [1.29, 1.82) is 0 Å². The van der Waals surface area contributed by atoms with Crippen molar-refractivity contribution < 1.29 is 38.5 Å². The minimum atomic E-state index is -0.939. The van der Waals surface area contributed by atoms with Crippen LogP contribution in [-0.4, -0.2) is 95.6 Å². The number of hydrogen-bond acceptors (Lipinski definition) is 9. The zero-order valence-corrected chi connectivity index (χ0v) is 34.1. The number of nitrogens with zero attached hydrogens (tertiary/aromatic N) is 3. The Kier molecular flexibility index (Phi) is 13.2. The molecule has 3 N–H and O–H groups in total. The Morgan fingerprint density at radius 2 is 1.42 bits per heavy atom. The number of aliphatic hydroxyl groups is 1. The number of anilines is 1. The number of H-pyrrole nitrogens is 1. The molecule has 3 amide bonds. The van der Waals surface area contributed by atoms with Crippen molar-refractivity contribution in [2.24, 2.45) is 0 Å². The maximum absolute atomic E-state index is 13.9. The quantitative estimate of drug-likeness (QED) is 0.0635. The summed E-state index contributed by atoms with van der Waals surface area (Å²) in [5.74, 6) is -0.898. The smallest absolute Gasteiger partial charge is 0.408 e. The lowest BCUT2D eigenvalue weighted by Gasteiger charge is -2.36. The average molecular weight is 802 g/mol. The van der Waals surface area contributed by atoms with Gasteiger partial charge in [0.2, 0.25) is 11.7 Å². The van der Waals surface area contributed by atoms with E-state index in [-0.39, 0.29) is 44.3 Å². The first kappa shape index (κ1) is 41.9. The van der Waals surface area contributed by atoms with Gasteiger partial charge in [-0.3, -0.25) is 14.4 Å². The molecule has 1 aliphatic rings. The summed E-state index contributed by atoms with van der Waals surface area (Å²) in [7, 11) is 3.24.